The van der Waals surface area contributed by atoms with Crippen molar-refractivity contribution in [3.63, 3.8) is 0 Å². The topological polar surface area (TPSA) is 63.7 Å². The Morgan fingerprint density at radius 1 is 1.33 bits per heavy atom. The van der Waals surface area contributed by atoms with E-state index >= 15 is 0 Å². The molecule has 0 saturated heterocycles. The second-order valence-corrected chi connectivity index (χ2v) is 5.57. The van der Waals surface area contributed by atoms with E-state index < -0.39 is 16.0 Å². The number of nitrogens with zero attached hydrogens (tertiary/aromatic N) is 1. The van der Waals surface area contributed by atoms with Gasteiger partial charge in [0, 0.05) is 12.3 Å². The number of carbonyl (C=O) groups excluding carboxylic acids is 1. The van der Waals surface area contributed by atoms with E-state index in [1.54, 1.807) is 0 Å². The van der Waals surface area contributed by atoms with Gasteiger partial charge in [0.1, 0.15) is 0 Å². The molecule has 0 heterocycles. The lowest BCUT2D eigenvalue weighted by molar-refractivity contribution is -0.134. The van der Waals surface area contributed by atoms with Crippen LogP contribution >= 0.6 is 0 Å². The predicted octanol–water partition coefficient (Wildman–Crippen LogP) is 1.13. The number of ether oxygens (including phenoxy) is 1. The highest BCUT2D eigenvalue weighted by Crippen LogP contribution is 2.08. The number of methoxy groups -OCH3 is 1. The maximum Gasteiger partial charge on any atom is 0.331 e. The molecule has 0 aliphatic rings. The number of hydrogen-bond donors (Lipinski definition) is 0. The molecular weight excluding hydrogens is 254 g/mol. The molecule has 1 aromatic rings. The fourth-order valence-electron chi connectivity index (χ4n) is 1.26. The van der Waals surface area contributed by atoms with Gasteiger partial charge in [-0.2, -0.15) is 0 Å². The van der Waals surface area contributed by atoms with Gasteiger partial charge in [-0.3, -0.25) is 4.31 Å². The molecule has 0 saturated carbocycles. The molecule has 0 aromatic heterocycles. The first-order chi connectivity index (χ1) is 8.43. The second-order valence-electron chi connectivity index (χ2n) is 3.63. The lowest BCUT2D eigenvalue weighted by Gasteiger charge is -2.17. The molecule has 0 amide bonds. The van der Waals surface area contributed by atoms with Gasteiger partial charge >= 0.3 is 5.97 Å². The molecule has 0 bridgehead atoms. The van der Waals surface area contributed by atoms with Crippen LogP contribution in [-0.4, -0.2) is 32.1 Å². The first kappa shape index (κ1) is 14.2. The molecule has 0 unspecified atom stereocenters. The summed E-state index contributed by atoms with van der Waals surface area (Å²) < 4.78 is 28.6. The van der Waals surface area contributed by atoms with Gasteiger partial charge in [-0.05, 0) is 5.56 Å². The number of hydrogen-bond acceptors (Lipinski definition) is 4. The van der Waals surface area contributed by atoms with Crippen molar-refractivity contribution in [1.29, 1.82) is 0 Å². The SMILES string of the molecule is COC(=O)/C=C/N(Cc1ccccc1)S(C)(=O)=O. The van der Waals surface area contributed by atoms with E-state index in [1.807, 2.05) is 30.3 Å². The molecule has 0 aliphatic carbocycles. The van der Waals surface area contributed by atoms with E-state index in [4.69, 9.17) is 0 Å². The lowest BCUT2D eigenvalue weighted by atomic mass is 10.2. The molecule has 18 heavy (non-hydrogen) atoms. The van der Waals surface area contributed by atoms with Crippen LogP contribution in [0.15, 0.2) is 42.6 Å². The molecule has 5 nitrogen and oxygen atoms in total. The van der Waals surface area contributed by atoms with Crippen LogP contribution in [-0.2, 0) is 26.1 Å². The largest absolute Gasteiger partial charge is 0.466 e. The third-order valence-corrected chi connectivity index (χ3v) is 3.29. The average Bonchev–Trinajstić information content (AvgIpc) is 2.33. The first-order valence-corrected chi connectivity index (χ1v) is 7.05. The van der Waals surface area contributed by atoms with Crippen molar-refractivity contribution in [3.8, 4) is 0 Å². The minimum Gasteiger partial charge on any atom is -0.466 e. The lowest BCUT2D eigenvalue weighted by Crippen LogP contribution is -2.24. The zero-order valence-corrected chi connectivity index (χ0v) is 11.1. The van der Waals surface area contributed by atoms with Crippen LogP contribution in [0.3, 0.4) is 0 Å². The summed E-state index contributed by atoms with van der Waals surface area (Å²) in [5, 5.41) is 0. The summed E-state index contributed by atoms with van der Waals surface area (Å²) in [4.78, 5) is 11.0. The van der Waals surface area contributed by atoms with Gasteiger partial charge < -0.3 is 4.74 Å². The Labute approximate surface area is 107 Å². The van der Waals surface area contributed by atoms with E-state index in [-0.39, 0.29) is 6.54 Å². The molecule has 6 heteroatoms. The fraction of sp³-hybridized carbons (Fsp3) is 0.250. The summed E-state index contributed by atoms with van der Waals surface area (Å²) >= 11 is 0. The van der Waals surface area contributed by atoms with E-state index in [0.29, 0.717) is 0 Å². The van der Waals surface area contributed by atoms with Crippen LogP contribution in [0.5, 0.6) is 0 Å². The van der Waals surface area contributed by atoms with Crippen LogP contribution in [0.4, 0.5) is 0 Å². The van der Waals surface area contributed by atoms with Gasteiger partial charge in [-0.15, -0.1) is 0 Å². The molecule has 98 valence electrons. The predicted molar refractivity (Wildman–Crippen MR) is 68.0 cm³/mol. The van der Waals surface area contributed by atoms with Crippen LogP contribution in [0.1, 0.15) is 5.56 Å². The molecule has 0 radical (unpaired) electrons. The molecule has 1 aromatic carbocycles. The minimum atomic E-state index is -3.43. The highest BCUT2D eigenvalue weighted by molar-refractivity contribution is 7.88. The number of carbonyl (C=O) groups is 1. The first-order valence-electron chi connectivity index (χ1n) is 5.20. The number of rotatable bonds is 5. The van der Waals surface area contributed by atoms with Crippen LogP contribution in [0.25, 0.3) is 0 Å². The van der Waals surface area contributed by atoms with Gasteiger partial charge in [0.15, 0.2) is 0 Å². The van der Waals surface area contributed by atoms with Crippen molar-refractivity contribution < 1.29 is 17.9 Å². The molecule has 1 rings (SSSR count). The van der Waals surface area contributed by atoms with Gasteiger partial charge in [0.2, 0.25) is 10.0 Å². The summed E-state index contributed by atoms with van der Waals surface area (Å²) in [7, 11) is -2.20. The van der Waals surface area contributed by atoms with Gasteiger partial charge in [0.25, 0.3) is 0 Å². The average molecular weight is 269 g/mol. The standard InChI is InChI=1S/C12H15NO4S/c1-17-12(14)8-9-13(18(2,15)16)10-11-6-4-3-5-7-11/h3-9H,10H2,1-2H3/b9-8+. The second kappa shape index (κ2) is 6.20. The maximum absolute atomic E-state index is 11.6. The van der Waals surface area contributed by atoms with E-state index in [2.05, 4.69) is 4.74 Å². The third-order valence-electron chi connectivity index (χ3n) is 2.19. The van der Waals surface area contributed by atoms with Crippen LogP contribution < -0.4 is 0 Å². The van der Waals surface area contributed by atoms with E-state index in [9.17, 15) is 13.2 Å². The number of esters is 1. The number of sulfonamides is 1. The van der Waals surface area contributed by atoms with Crippen molar-refractivity contribution in [1.82, 2.24) is 4.31 Å². The Kier molecular flexibility index (Phi) is 4.91. The van der Waals surface area contributed by atoms with Gasteiger partial charge in [-0.1, -0.05) is 30.3 Å². The van der Waals surface area contributed by atoms with Crippen LogP contribution in [0.2, 0.25) is 0 Å². The van der Waals surface area contributed by atoms with Gasteiger partial charge in [-0.25, -0.2) is 13.2 Å². The normalized spacial score (nSPS) is 11.4. The summed E-state index contributed by atoms with van der Waals surface area (Å²) in [5.41, 5.74) is 0.831. The quantitative estimate of drug-likeness (QED) is 0.594. The Bertz CT molecular complexity index is 522. The highest BCUT2D eigenvalue weighted by Gasteiger charge is 2.12. The Hall–Kier alpha value is -1.82. The van der Waals surface area contributed by atoms with E-state index in [1.165, 1.54) is 13.3 Å². The third kappa shape index (κ3) is 4.58. The Balaban J connectivity index is 2.88. The Morgan fingerprint density at radius 2 is 1.94 bits per heavy atom. The summed E-state index contributed by atoms with van der Waals surface area (Å²) in [6.07, 6.45) is 3.36. The summed E-state index contributed by atoms with van der Waals surface area (Å²) in [5.74, 6) is -0.600. The monoisotopic (exact) mass is 269 g/mol. The molecule has 0 N–H and O–H groups in total. The molecule has 0 fully saturated rings. The van der Waals surface area contributed by atoms with Crippen molar-refractivity contribution >= 4 is 16.0 Å². The Morgan fingerprint density at radius 3 is 2.44 bits per heavy atom. The smallest absolute Gasteiger partial charge is 0.331 e. The van der Waals surface area contributed by atoms with Crippen molar-refractivity contribution in [2.24, 2.45) is 0 Å². The highest BCUT2D eigenvalue weighted by atomic mass is 32.2. The molecule has 0 spiro atoms. The summed E-state index contributed by atoms with van der Waals surface area (Å²) in [6, 6.07) is 9.10. The molecule has 0 aliphatic heterocycles. The van der Waals surface area contributed by atoms with Gasteiger partial charge in [0.05, 0.1) is 19.9 Å². The molecular formula is C12H15NO4S. The summed E-state index contributed by atoms with van der Waals surface area (Å²) in [6.45, 7) is 0.174. The van der Waals surface area contributed by atoms with Crippen molar-refractivity contribution in [2.75, 3.05) is 13.4 Å². The zero-order chi connectivity index (χ0) is 13.6. The van der Waals surface area contributed by atoms with Crippen molar-refractivity contribution in [2.45, 2.75) is 6.54 Å². The number of benzene rings is 1. The zero-order valence-electron chi connectivity index (χ0n) is 10.2. The minimum absolute atomic E-state index is 0.174. The van der Waals surface area contributed by atoms with E-state index in [0.717, 1.165) is 22.2 Å². The fourth-order valence-corrected chi connectivity index (χ4v) is 1.92. The maximum atomic E-state index is 11.6. The molecule has 0 atom stereocenters. The van der Waals surface area contributed by atoms with Crippen molar-refractivity contribution in [3.05, 3.63) is 48.2 Å². The van der Waals surface area contributed by atoms with Crippen LogP contribution in [0, 0.1) is 0 Å².